The van der Waals surface area contributed by atoms with Gasteiger partial charge in [-0.1, -0.05) is 19.6 Å². The predicted molar refractivity (Wildman–Crippen MR) is 50.2 cm³/mol. The fourth-order valence-corrected chi connectivity index (χ4v) is 0.651. The van der Waals surface area contributed by atoms with Crippen LogP contribution in [0.5, 0.6) is 0 Å². The van der Waals surface area contributed by atoms with Gasteiger partial charge in [-0.2, -0.15) is 0 Å². The molecule has 1 atom stereocenters. The lowest BCUT2D eigenvalue weighted by atomic mass is 10.2. The molecule has 0 rings (SSSR count). The van der Waals surface area contributed by atoms with Crippen LogP contribution in [0.15, 0.2) is 29.4 Å². The largest absolute Gasteiger partial charge is 0.393 e. The summed E-state index contributed by atoms with van der Waals surface area (Å²) in [5.41, 5.74) is 0.439. The first-order valence-electron chi connectivity index (χ1n) is 3.90. The lowest BCUT2D eigenvalue weighted by molar-refractivity contribution is 0.121. The van der Waals surface area contributed by atoms with E-state index in [0.717, 1.165) is 6.42 Å². The molecule has 0 aromatic heterocycles. The van der Waals surface area contributed by atoms with Crippen molar-refractivity contribution in [2.24, 2.45) is 4.99 Å². The van der Waals surface area contributed by atoms with E-state index in [0.29, 0.717) is 5.70 Å². The molecule has 68 valence electrons. The molecule has 0 aromatic carbocycles. The molecule has 0 saturated carbocycles. The van der Waals surface area contributed by atoms with E-state index in [1.165, 1.54) is 6.08 Å². The van der Waals surface area contributed by atoms with Crippen molar-refractivity contribution in [2.75, 3.05) is 6.61 Å². The predicted octanol–water partition coefficient (Wildman–Crippen LogP) is 0.890. The van der Waals surface area contributed by atoms with E-state index in [1.54, 1.807) is 12.3 Å². The van der Waals surface area contributed by atoms with Gasteiger partial charge in [-0.05, 0) is 12.5 Å². The summed E-state index contributed by atoms with van der Waals surface area (Å²) in [7, 11) is 0. The summed E-state index contributed by atoms with van der Waals surface area (Å²) >= 11 is 0. The van der Waals surface area contributed by atoms with Gasteiger partial charge in [0.2, 0.25) is 0 Å². The van der Waals surface area contributed by atoms with Gasteiger partial charge < -0.3 is 10.2 Å². The highest BCUT2D eigenvalue weighted by Crippen LogP contribution is 2.03. The van der Waals surface area contributed by atoms with E-state index in [-0.39, 0.29) is 6.61 Å². The third-order valence-corrected chi connectivity index (χ3v) is 1.23. The van der Waals surface area contributed by atoms with E-state index in [4.69, 9.17) is 5.11 Å². The SMILES string of the molecule is C=C/C=C(\N=CCC)C(O)CO. The number of aliphatic hydroxyl groups excluding tert-OH is 2. The van der Waals surface area contributed by atoms with Gasteiger partial charge in [0.1, 0.15) is 6.10 Å². The Hall–Kier alpha value is -0.930. The molecule has 0 spiro atoms. The summed E-state index contributed by atoms with van der Waals surface area (Å²) in [6.45, 7) is 5.11. The Morgan fingerprint density at radius 2 is 2.33 bits per heavy atom. The molecule has 2 N–H and O–H groups in total. The minimum atomic E-state index is -0.911. The molecule has 3 nitrogen and oxygen atoms in total. The highest BCUT2D eigenvalue weighted by molar-refractivity contribution is 5.58. The quantitative estimate of drug-likeness (QED) is 0.474. The van der Waals surface area contributed by atoms with Crippen LogP contribution in [0.1, 0.15) is 13.3 Å². The van der Waals surface area contributed by atoms with Crippen LogP contribution in [0.2, 0.25) is 0 Å². The van der Waals surface area contributed by atoms with Gasteiger partial charge in [0, 0.05) is 6.21 Å². The number of hydrogen-bond donors (Lipinski definition) is 2. The summed E-state index contributed by atoms with van der Waals surface area (Å²) < 4.78 is 0. The first-order valence-corrected chi connectivity index (χ1v) is 3.90. The molecule has 0 radical (unpaired) electrons. The van der Waals surface area contributed by atoms with E-state index >= 15 is 0 Å². The van der Waals surface area contributed by atoms with E-state index < -0.39 is 6.10 Å². The summed E-state index contributed by atoms with van der Waals surface area (Å²) in [5, 5.41) is 17.8. The van der Waals surface area contributed by atoms with Crippen LogP contribution in [0.25, 0.3) is 0 Å². The average Bonchev–Trinajstić information content (AvgIpc) is 2.11. The van der Waals surface area contributed by atoms with Gasteiger partial charge in [-0.15, -0.1) is 0 Å². The summed E-state index contributed by atoms with van der Waals surface area (Å²) in [4.78, 5) is 3.96. The second kappa shape index (κ2) is 6.76. The molecule has 3 heteroatoms. The van der Waals surface area contributed by atoms with Crippen molar-refractivity contribution in [1.29, 1.82) is 0 Å². The minimum absolute atomic E-state index is 0.319. The van der Waals surface area contributed by atoms with Crippen molar-refractivity contribution in [3.63, 3.8) is 0 Å². The van der Waals surface area contributed by atoms with Crippen molar-refractivity contribution in [3.8, 4) is 0 Å². The number of hydrogen-bond acceptors (Lipinski definition) is 3. The number of allylic oxidation sites excluding steroid dienone is 2. The third kappa shape index (κ3) is 4.05. The molecule has 0 aliphatic heterocycles. The zero-order chi connectivity index (χ0) is 9.40. The monoisotopic (exact) mass is 169 g/mol. The van der Waals surface area contributed by atoms with Crippen LogP contribution >= 0.6 is 0 Å². The maximum Gasteiger partial charge on any atom is 0.119 e. The maximum absolute atomic E-state index is 9.20. The van der Waals surface area contributed by atoms with Crippen LogP contribution in [0.4, 0.5) is 0 Å². The normalized spacial score (nSPS) is 15.1. The van der Waals surface area contributed by atoms with Crippen LogP contribution < -0.4 is 0 Å². The maximum atomic E-state index is 9.20. The third-order valence-electron chi connectivity index (χ3n) is 1.23. The van der Waals surface area contributed by atoms with E-state index in [2.05, 4.69) is 11.6 Å². The fourth-order valence-electron chi connectivity index (χ4n) is 0.651. The zero-order valence-electron chi connectivity index (χ0n) is 7.27. The number of nitrogens with zero attached hydrogens (tertiary/aromatic N) is 1. The van der Waals surface area contributed by atoms with Crippen molar-refractivity contribution in [1.82, 2.24) is 0 Å². The van der Waals surface area contributed by atoms with Crippen LogP contribution in [0.3, 0.4) is 0 Å². The van der Waals surface area contributed by atoms with Gasteiger partial charge >= 0.3 is 0 Å². The summed E-state index contributed by atoms with van der Waals surface area (Å²) in [5.74, 6) is 0. The summed E-state index contributed by atoms with van der Waals surface area (Å²) in [6.07, 6.45) is 4.67. The summed E-state index contributed by atoms with van der Waals surface area (Å²) in [6, 6.07) is 0. The second-order valence-corrected chi connectivity index (χ2v) is 2.25. The Balaban J connectivity index is 4.33. The van der Waals surface area contributed by atoms with E-state index in [9.17, 15) is 5.11 Å². The Kier molecular flexibility index (Phi) is 6.24. The number of rotatable bonds is 5. The Morgan fingerprint density at radius 3 is 2.75 bits per heavy atom. The zero-order valence-corrected chi connectivity index (χ0v) is 7.27. The fraction of sp³-hybridized carbons (Fsp3) is 0.444. The van der Waals surface area contributed by atoms with Crippen LogP contribution in [0, 0.1) is 0 Å². The molecule has 0 aliphatic rings. The molecule has 0 saturated heterocycles. The van der Waals surface area contributed by atoms with Crippen LogP contribution in [-0.4, -0.2) is 29.1 Å². The van der Waals surface area contributed by atoms with Gasteiger partial charge in [0.15, 0.2) is 0 Å². The molecule has 0 fully saturated rings. The molecule has 0 amide bonds. The van der Waals surface area contributed by atoms with Crippen molar-refractivity contribution in [2.45, 2.75) is 19.4 Å². The van der Waals surface area contributed by atoms with Gasteiger partial charge in [0.25, 0.3) is 0 Å². The molecule has 0 aromatic rings. The van der Waals surface area contributed by atoms with Crippen LogP contribution in [-0.2, 0) is 0 Å². The number of aliphatic imine (C=N–C) groups is 1. The molecule has 12 heavy (non-hydrogen) atoms. The Bertz CT molecular complexity index is 185. The first-order chi connectivity index (χ1) is 5.76. The molecule has 0 heterocycles. The minimum Gasteiger partial charge on any atom is -0.393 e. The van der Waals surface area contributed by atoms with Crippen molar-refractivity contribution >= 4 is 6.21 Å². The van der Waals surface area contributed by atoms with Crippen molar-refractivity contribution < 1.29 is 10.2 Å². The molecular formula is C9H15NO2. The molecule has 0 aliphatic carbocycles. The average molecular weight is 169 g/mol. The highest BCUT2D eigenvalue weighted by atomic mass is 16.3. The Morgan fingerprint density at radius 1 is 1.67 bits per heavy atom. The lowest BCUT2D eigenvalue weighted by Gasteiger charge is -2.05. The smallest absolute Gasteiger partial charge is 0.119 e. The first kappa shape index (κ1) is 11.1. The van der Waals surface area contributed by atoms with Gasteiger partial charge in [0.05, 0.1) is 12.3 Å². The second-order valence-electron chi connectivity index (χ2n) is 2.25. The molecule has 1 unspecified atom stereocenters. The topological polar surface area (TPSA) is 52.8 Å². The lowest BCUT2D eigenvalue weighted by Crippen LogP contribution is -2.13. The number of aliphatic hydroxyl groups is 2. The Labute approximate surface area is 72.8 Å². The molecule has 0 bridgehead atoms. The van der Waals surface area contributed by atoms with E-state index in [1.807, 2.05) is 6.92 Å². The standard InChI is InChI=1S/C9H15NO2/c1-3-5-8(9(12)7-11)10-6-4-2/h3,5-6,9,11-12H,1,4,7H2,2H3/b8-5-,10-6?. The van der Waals surface area contributed by atoms with Gasteiger partial charge in [-0.3, -0.25) is 4.99 Å². The van der Waals surface area contributed by atoms with Crippen molar-refractivity contribution in [3.05, 3.63) is 24.4 Å². The van der Waals surface area contributed by atoms with Gasteiger partial charge in [-0.25, -0.2) is 0 Å². The molecular weight excluding hydrogens is 154 g/mol. The highest BCUT2D eigenvalue weighted by Gasteiger charge is 2.05.